The molecule has 52 heavy (non-hydrogen) atoms. The van der Waals surface area contributed by atoms with Crippen molar-refractivity contribution in [3.05, 3.63) is 128 Å². The monoisotopic (exact) mass is 740 g/mol. The topological polar surface area (TPSA) is 152 Å². The van der Waals surface area contributed by atoms with Crippen molar-refractivity contribution in [2.24, 2.45) is 14.1 Å². The van der Waals surface area contributed by atoms with Crippen molar-refractivity contribution in [2.75, 3.05) is 4.72 Å². The Balaban J connectivity index is 1.19. The van der Waals surface area contributed by atoms with E-state index in [1.54, 1.807) is 50.1 Å². The van der Waals surface area contributed by atoms with E-state index in [-0.39, 0.29) is 6.04 Å². The second-order valence-electron chi connectivity index (χ2n) is 12.1. The van der Waals surface area contributed by atoms with Gasteiger partial charge in [-0.1, -0.05) is 43.3 Å². The molecule has 0 aliphatic rings. The highest BCUT2D eigenvalue weighted by Gasteiger charge is 2.28. The number of anilines is 1. The molecule has 12 nitrogen and oxygen atoms in total. The SMILES string of the molecule is CCc1ncc(-c2ccc(S(=O)(=O)Nc3c(F)c(F)c(CNNN[C@@H](C)Cc4ccc(-c5c(C)n(C)c(=O)n(C)c5=O)cc4)c(F)c3F)cc2)cn1. The predicted octanol–water partition coefficient (Wildman–Crippen LogP) is 4.17. The molecule has 0 fully saturated rings. The summed E-state index contributed by atoms with van der Waals surface area (Å²) in [4.78, 5) is 32.9. The van der Waals surface area contributed by atoms with Crippen LogP contribution in [0.15, 0.2) is 75.4 Å². The summed E-state index contributed by atoms with van der Waals surface area (Å²) in [6.07, 6.45) is 4.23. The summed E-state index contributed by atoms with van der Waals surface area (Å²) >= 11 is 0. The zero-order valence-electron chi connectivity index (χ0n) is 28.8. The highest BCUT2D eigenvalue weighted by molar-refractivity contribution is 7.92. The first-order chi connectivity index (χ1) is 24.6. The molecular formula is C35H36F4N8O4S. The van der Waals surface area contributed by atoms with Gasteiger partial charge in [-0.3, -0.25) is 14.1 Å². The minimum absolute atomic E-state index is 0.269. The molecule has 5 aromatic rings. The van der Waals surface area contributed by atoms with E-state index in [9.17, 15) is 35.6 Å². The minimum Gasteiger partial charge on any atom is -0.300 e. The van der Waals surface area contributed by atoms with E-state index in [4.69, 9.17) is 0 Å². The molecule has 0 amide bonds. The van der Waals surface area contributed by atoms with Crippen molar-refractivity contribution in [2.45, 2.75) is 51.1 Å². The number of hydrogen-bond acceptors (Lipinski definition) is 9. The number of aromatic nitrogens is 4. The summed E-state index contributed by atoms with van der Waals surface area (Å²) in [6, 6.07) is 12.1. The average molecular weight is 741 g/mol. The fourth-order valence-electron chi connectivity index (χ4n) is 5.42. The Morgan fingerprint density at radius 1 is 0.808 bits per heavy atom. The lowest BCUT2D eigenvalue weighted by atomic mass is 10.0. The molecule has 2 heterocycles. The number of sulfonamides is 1. The largest absolute Gasteiger partial charge is 0.330 e. The van der Waals surface area contributed by atoms with Crippen LogP contribution in [0.4, 0.5) is 23.2 Å². The molecule has 0 saturated carbocycles. The van der Waals surface area contributed by atoms with Crippen LogP contribution in [0.2, 0.25) is 0 Å². The Bertz CT molecular complexity index is 2300. The lowest BCUT2D eigenvalue weighted by Gasteiger charge is -2.17. The van der Waals surface area contributed by atoms with Crippen LogP contribution in [-0.4, -0.2) is 33.6 Å². The predicted molar refractivity (Wildman–Crippen MR) is 187 cm³/mol. The lowest BCUT2D eigenvalue weighted by Crippen LogP contribution is -2.48. The van der Waals surface area contributed by atoms with E-state index < -0.39 is 67.2 Å². The maximum absolute atomic E-state index is 15.0. The van der Waals surface area contributed by atoms with Crippen LogP contribution in [-0.2, 0) is 43.5 Å². The third kappa shape index (κ3) is 7.81. The van der Waals surface area contributed by atoms with Crippen LogP contribution in [0.3, 0.4) is 0 Å². The van der Waals surface area contributed by atoms with Gasteiger partial charge in [-0.15, -0.1) is 0 Å². The second-order valence-corrected chi connectivity index (χ2v) is 13.8. The molecule has 0 aliphatic carbocycles. The van der Waals surface area contributed by atoms with Crippen LogP contribution in [0.1, 0.15) is 36.5 Å². The highest BCUT2D eigenvalue weighted by atomic mass is 32.2. The first-order valence-corrected chi connectivity index (χ1v) is 17.5. The summed E-state index contributed by atoms with van der Waals surface area (Å²) in [7, 11) is -1.65. The van der Waals surface area contributed by atoms with Crippen LogP contribution in [0, 0.1) is 30.2 Å². The van der Waals surface area contributed by atoms with Crippen LogP contribution in [0.25, 0.3) is 22.3 Å². The van der Waals surface area contributed by atoms with Gasteiger partial charge in [0.15, 0.2) is 23.3 Å². The molecule has 4 N–H and O–H groups in total. The summed E-state index contributed by atoms with van der Waals surface area (Å²) in [6.45, 7) is 4.66. The number of hydrazine groups is 2. The molecule has 1 atom stereocenters. The van der Waals surface area contributed by atoms with E-state index >= 15 is 0 Å². The van der Waals surface area contributed by atoms with Gasteiger partial charge in [-0.25, -0.2) is 51.6 Å². The Morgan fingerprint density at radius 3 is 1.96 bits per heavy atom. The molecule has 0 saturated heterocycles. The van der Waals surface area contributed by atoms with Crippen LogP contribution >= 0.6 is 0 Å². The average Bonchev–Trinajstić information content (AvgIpc) is 3.14. The van der Waals surface area contributed by atoms with Crippen molar-refractivity contribution < 1.29 is 26.0 Å². The van der Waals surface area contributed by atoms with Crippen LogP contribution < -0.4 is 32.4 Å². The standard InChI is InChI=1S/C35H36F4N8O4S/c1-6-27-40-16-24(17-41-27)22-11-13-25(14-12-22)52(50,51)44-33-31(38)29(36)26(30(37)32(33)39)18-42-45-43-19(2)15-21-7-9-23(10-8-21)28-20(3)46(4)35(49)47(5)34(28)48/h7-14,16-17,19,42-45H,6,15,18H2,1-5H3/t19-/m0/s1. The molecule has 0 unspecified atom stereocenters. The molecule has 0 radical (unpaired) electrons. The first-order valence-electron chi connectivity index (χ1n) is 16.0. The lowest BCUT2D eigenvalue weighted by molar-refractivity contribution is 0.366. The summed E-state index contributed by atoms with van der Waals surface area (Å²) < 4.78 is 89.8. The van der Waals surface area contributed by atoms with E-state index in [2.05, 4.69) is 26.4 Å². The van der Waals surface area contributed by atoms with Crippen molar-refractivity contribution in [3.63, 3.8) is 0 Å². The normalized spacial score (nSPS) is 12.2. The van der Waals surface area contributed by atoms with Gasteiger partial charge in [0.05, 0.1) is 10.5 Å². The maximum atomic E-state index is 15.0. The van der Waals surface area contributed by atoms with Gasteiger partial charge in [0.25, 0.3) is 15.6 Å². The summed E-state index contributed by atoms with van der Waals surface area (Å²) in [5, 5.41) is 0. The Kier molecular flexibility index (Phi) is 11.4. The summed E-state index contributed by atoms with van der Waals surface area (Å²) in [5.41, 5.74) is 8.13. The smallest absolute Gasteiger partial charge is 0.300 e. The first kappa shape index (κ1) is 38.0. The zero-order valence-corrected chi connectivity index (χ0v) is 29.6. The fraction of sp³-hybridized carbons (Fsp3) is 0.257. The molecule has 2 aromatic heterocycles. The number of hydrogen-bond donors (Lipinski definition) is 4. The van der Waals surface area contributed by atoms with E-state index in [1.165, 1.54) is 35.9 Å². The third-order valence-electron chi connectivity index (χ3n) is 8.52. The Labute approximate surface area is 296 Å². The fourth-order valence-corrected chi connectivity index (χ4v) is 6.49. The third-order valence-corrected chi connectivity index (χ3v) is 9.89. The second kappa shape index (κ2) is 15.6. The molecule has 17 heteroatoms. The number of aryl methyl sites for hydroxylation is 1. The van der Waals surface area contributed by atoms with E-state index in [1.807, 2.05) is 19.1 Å². The van der Waals surface area contributed by atoms with Crippen molar-refractivity contribution in [3.8, 4) is 22.3 Å². The van der Waals surface area contributed by atoms with E-state index in [0.717, 1.165) is 10.1 Å². The van der Waals surface area contributed by atoms with Gasteiger partial charge in [-0.2, -0.15) is 5.53 Å². The van der Waals surface area contributed by atoms with Crippen molar-refractivity contribution >= 4 is 15.7 Å². The van der Waals surface area contributed by atoms with Gasteiger partial charge >= 0.3 is 5.69 Å². The minimum atomic E-state index is -4.66. The van der Waals surface area contributed by atoms with Gasteiger partial charge in [0.1, 0.15) is 11.5 Å². The van der Waals surface area contributed by atoms with E-state index in [0.29, 0.717) is 46.6 Å². The van der Waals surface area contributed by atoms with Gasteiger partial charge < -0.3 is 4.57 Å². The molecular weight excluding hydrogens is 704 g/mol. The number of nitrogens with one attached hydrogen (secondary N) is 4. The number of halogens is 4. The Hall–Kier alpha value is -5.23. The molecule has 0 spiro atoms. The van der Waals surface area contributed by atoms with Gasteiger partial charge in [0, 0.05) is 62.3 Å². The Morgan fingerprint density at radius 2 is 1.38 bits per heavy atom. The van der Waals surface area contributed by atoms with Crippen molar-refractivity contribution in [1.82, 2.24) is 35.5 Å². The summed E-state index contributed by atoms with van der Waals surface area (Å²) in [5.74, 6) is -6.77. The molecule has 5 rings (SSSR count). The van der Waals surface area contributed by atoms with Gasteiger partial charge in [0.2, 0.25) is 0 Å². The highest BCUT2D eigenvalue weighted by Crippen LogP contribution is 2.30. The number of benzene rings is 3. The van der Waals surface area contributed by atoms with Crippen molar-refractivity contribution in [1.29, 1.82) is 0 Å². The maximum Gasteiger partial charge on any atom is 0.330 e. The molecule has 0 bridgehead atoms. The quantitative estimate of drug-likeness (QED) is 0.0604. The number of nitrogens with zero attached hydrogens (tertiary/aromatic N) is 4. The number of rotatable bonds is 13. The zero-order chi connectivity index (χ0) is 37.9. The molecule has 3 aromatic carbocycles. The molecule has 0 aliphatic heterocycles. The molecule has 274 valence electrons. The van der Waals surface area contributed by atoms with Crippen LogP contribution in [0.5, 0.6) is 0 Å². The van der Waals surface area contributed by atoms with Gasteiger partial charge in [-0.05, 0) is 49.1 Å².